The first-order chi connectivity index (χ1) is 16.4. The van der Waals surface area contributed by atoms with Gasteiger partial charge in [-0.2, -0.15) is 0 Å². The van der Waals surface area contributed by atoms with Crippen molar-refractivity contribution in [3.05, 3.63) is 81.5 Å². The summed E-state index contributed by atoms with van der Waals surface area (Å²) in [6.45, 7) is 3.73. The van der Waals surface area contributed by atoms with Crippen LogP contribution in [-0.2, 0) is 0 Å². The average Bonchev–Trinajstić information content (AvgIpc) is 2.84. The van der Waals surface area contributed by atoms with Gasteiger partial charge in [-0.15, -0.1) is 0 Å². The third-order valence-corrected chi connectivity index (χ3v) is 5.47. The van der Waals surface area contributed by atoms with Crippen LogP contribution in [0.1, 0.15) is 21.5 Å². The summed E-state index contributed by atoms with van der Waals surface area (Å²) in [5.41, 5.74) is 2.23. The van der Waals surface area contributed by atoms with Crippen molar-refractivity contribution in [2.75, 3.05) is 21.3 Å². The Morgan fingerprint density at radius 2 is 1.50 bits per heavy atom. The maximum Gasteiger partial charge on any atom is 0.351 e. The van der Waals surface area contributed by atoms with Gasteiger partial charge in [-0.1, -0.05) is 12.1 Å². The van der Waals surface area contributed by atoms with Crippen LogP contribution in [0.15, 0.2) is 63.8 Å². The average molecular weight is 460 g/mol. The summed E-state index contributed by atoms with van der Waals surface area (Å²) >= 11 is 0. The molecule has 0 aliphatic carbocycles. The lowest BCUT2D eigenvalue weighted by atomic mass is 10.0. The Morgan fingerprint density at radius 1 is 0.853 bits per heavy atom. The van der Waals surface area contributed by atoms with Crippen molar-refractivity contribution in [3.63, 3.8) is 0 Å². The molecule has 0 atom stereocenters. The van der Waals surface area contributed by atoms with Gasteiger partial charge in [0.05, 0.1) is 26.7 Å². The fourth-order valence-corrected chi connectivity index (χ4v) is 3.89. The molecule has 0 bridgehead atoms. The fraction of sp³-hybridized carbons (Fsp3) is 0.185. The summed E-state index contributed by atoms with van der Waals surface area (Å²) in [6, 6.07) is 15.5. The minimum atomic E-state index is -0.805. The number of aryl methyl sites for hydroxylation is 2. The second kappa shape index (κ2) is 9.31. The fourth-order valence-electron chi connectivity index (χ4n) is 3.89. The van der Waals surface area contributed by atoms with Gasteiger partial charge in [0, 0.05) is 5.56 Å². The lowest BCUT2D eigenvalue weighted by Gasteiger charge is -2.15. The van der Waals surface area contributed by atoms with Crippen LogP contribution in [0.4, 0.5) is 0 Å². The van der Waals surface area contributed by atoms with Crippen LogP contribution in [0.5, 0.6) is 23.0 Å². The van der Waals surface area contributed by atoms with Gasteiger partial charge in [0.1, 0.15) is 28.4 Å². The number of carbonyl (C=O) groups is 1. The van der Waals surface area contributed by atoms with E-state index in [-0.39, 0.29) is 28.6 Å². The van der Waals surface area contributed by atoms with Gasteiger partial charge in [0.15, 0.2) is 5.76 Å². The molecule has 34 heavy (non-hydrogen) atoms. The Hall–Kier alpha value is -4.26. The Bertz CT molecular complexity index is 1410. The van der Waals surface area contributed by atoms with Crippen molar-refractivity contribution >= 4 is 16.9 Å². The first kappa shape index (κ1) is 22.9. The molecule has 7 heteroatoms. The number of fused-ring (bicyclic) bond motifs is 1. The Balaban J connectivity index is 1.95. The van der Waals surface area contributed by atoms with Gasteiger partial charge < -0.3 is 23.4 Å². The van der Waals surface area contributed by atoms with Crippen molar-refractivity contribution in [1.82, 2.24) is 0 Å². The summed E-state index contributed by atoms with van der Waals surface area (Å²) < 4.78 is 27.8. The topological polar surface area (TPSA) is 84.2 Å². The SMILES string of the molecule is COc1ccc(-c2oc3cc(C)cc(C)c3c(=O)c2OC(=O)c2c(OC)cccc2OC)cc1. The van der Waals surface area contributed by atoms with E-state index in [1.54, 1.807) is 55.6 Å². The summed E-state index contributed by atoms with van der Waals surface area (Å²) in [7, 11) is 4.43. The number of benzene rings is 3. The molecule has 174 valence electrons. The van der Waals surface area contributed by atoms with Crippen molar-refractivity contribution in [2.24, 2.45) is 0 Å². The maximum absolute atomic E-state index is 13.6. The normalized spacial score (nSPS) is 10.7. The van der Waals surface area contributed by atoms with E-state index in [0.29, 0.717) is 22.3 Å². The molecule has 3 aromatic carbocycles. The van der Waals surface area contributed by atoms with Gasteiger partial charge >= 0.3 is 5.97 Å². The number of rotatable bonds is 6. The van der Waals surface area contributed by atoms with Crippen LogP contribution in [0, 0.1) is 13.8 Å². The molecule has 0 saturated carbocycles. The molecular weight excluding hydrogens is 436 g/mol. The van der Waals surface area contributed by atoms with E-state index >= 15 is 0 Å². The summed E-state index contributed by atoms with van der Waals surface area (Å²) in [4.78, 5) is 26.9. The van der Waals surface area contributed by atoms with Gasteiger partial charge in [-0.3, -0.25) is 4.79 Å². The minimum Gasteiger partial charge on any atom is -0.497 e. The molecule has 0 saturated heterocycles. The first-order valence-electron chi connectivity index (χ1n) is 10.5. The molecule has 0 aliphatic rings. The van der Waals surface area contributed by atoms with E-state index in [0.717, 1.165) is 11.1 Å². The van der Waals surface area contributed by atoms with E-state index in [2.05, 4.69) is 0 Å². The second-order valence-corrected chi connectivity index (χ2v) is 7.70. The second-order valence-electron chi connectivity index (χ2n) is 7.70. The van der Waals surface area contributed by atoms with Gasteiger partial charge in [-0.05, 0) is 67.4 Å². The summed E-state index contributed by atoms with van der Waals surface area (Å²) in [6.07, 6.45) is 0. The molecule has 0 radical (unpaired) electrons. The third-order valence-electron chi connectivity index (χ3n) is 5.47. The molecule has 0 amide bonds. The molecule has 4 rings (SSSR count). The molecule has 4 aromatic rings. The molecule has 0 unspecified atom stereocenters. The first-order valence-corrected chi connectivity index (χ1v) is 10.5. The number of methoxy groups -OCH3 is 3. The van der Waals surface area contributed by atoms with Crippen LogP contribution in [0.25, 0.3) is 22.3 Å². The Labute approximate surface area is 196 Å². The minimum absolute atomic E-state index is 0.0632. The molecule has 0 aliphatic heterocycles. The number of esters is 1. The van der Waals surface area contributed by atoms with E-state index in [4.69, 9.17) is 23.4 Å². The number of hydrogen-bond donors (Lipinski definition) is 0. The van der Waals surface area contributed by atoms with Crippen LogP contribution >= 0.6 is 0 Å². The van der Waals surface area contributed by atoms with Crippen LogP contribution < -0.4 is 24.4 Å². The molecule has 7 nitrogen and oxygen atoms in total. The van der Waals surface area contributed by atoms with Gasteiger partial charge in [0.25, 0.3) is 0 Å². The maximum atomic E-state index is 13.6. The lowest BCUT2D eigenvalue weighted by molar-refractivity contribution is 0.0724. The molecule has 0 fully saturated rings. The largest absolute Gasteiger partial charge is 0.497 e. The lowest BCUT2D eigenvalue weighted by Crippen LogP contribution is -2.18. The smallest absolute Gasteiger partial charge is 0.351 e. The van der Waals surface area contributed by atoms with Gasteiger partial charge in [-0.25, -0.2) is 4.79 Å². The zero-order chi connectivity index (χ0) is 24.4. The van der Waals surface area contributed by atoms with E-state index in [9.17, 15) is 9.59 Å². The predicted octanol–water partition coefficient (Wildman–Crippen LogP) is 5.32. The van der Waals surface area contributed by atoms with Crippen molar-refractivity contribution in [3.8, 4) is 34.3 Å². The highest BCUT2D eigenvalue weighted by Gasteiger charge is 2.26. The molecule has 1 heterocycles. The third kappa shape index (κ3) is 4.08. The van der Waals surface area contributed by atoms with Crippen LogP contribution in [-0.4, -0.2) is 27.3 Å². The van der Waals surface area contributed by atoms with E-state index in [1.165, 1.54) is 14.2 Å². The Kier molecular flexibility index (Phi) is 6.27. The van der Waals surface area contributed by atoms with E-state index in [1.807, 2.05) is 19.9 Å². The standard InChI is InChI=1S/C27H24O7/c1-15-13-16(2)22-21(14-15)33-25(17-9-11-18(30-3)12-10-17)26(24(22)28)34-27(29)23-19(31-4)7-6-8-20(23)32-5/h6-14H,1-5H3. The summed E-state index contributed by atoms with van der Waals surface area (Å²) in [5, 5.41) is 0.345. The molecular formula is C27H24O7. The highest BCUT2D eigenvalue weighted by molar-refractivity contribution is 5.98. The number of carbonyl (C=O) groups excluding carboxylic acids is 1. The van der Waals surface area contributed by atoms with Gasteiger partial charge in [0.2, 0.25) is 11.2 Å². The quantitative estimate of drug-likeness (QED) is 0.360. The van der Waals surface area contributed by atoms with Crippen LogP contribution in [0.3, 0.4) is 0 Å². The van der Waals surface area contributed by atoms with Crippen molar-refractivity contribution in [1.29, 1.82) is 0 Å². The zero-order valence-electron chi connectivity index (χ0n) is 19.6. The van der Waals surface area contributed by atoms with Crippen LogP contribution in [0.2, 0.25) is 0 Å². The summed E-state index contributed by atoms with van der Waals surface area (Å²) in [5.74, 6) is 0.256. The highest BCUT2D eigenvalue weighted by atomic mass is 16.5. The monoisotopic (exact) mass is 460 g/mol. The Morgan fingerprint density at radius 3 is 2.09 bits per heavy atom. The number of hydrogen-bond acceptors (Lipinski definition) is 7. The van der Waals surface area contributed by atoms with Crippen molar-refractivity contribution < 1.29 is 28.2 Å². The number of ether oxygens (including phenoxy) is 4. The zero-order valence-corrected chi connectivity index (χ0v) is 19.6. The molecule has 1 aromatic heterocycles. The molecule has 0 spiro atoms. The highest BCUT2D eigenvalue weighted by Crippen LogP contribution is 2.35. The predicted molar refractivity (Wildman–Crippen MR) is 128 cm³/mol. The van der Waals surface area contributed by atoms with E-state index < -0.39 is 11.4 Å². The molecule has 0 N–H and O–H groups in total. The van der Waals surface area contributed by atoms with Crippen molar-refractivity contribution in [2.45, 2.75) is 13.8 Å².